The van der Waals surface area contributed by atoms with Gasteiger partial charge in [-0.2, -0.15) is 0 Å². The highest BCUT2D eigenvalue weighted by atomic mass is 35.5. The lowest BCUT2D eigenvalue weighted by molar-refractivity contribution is -0.118. The van der Waals surface area contributed by atoms with Crippen LogP contribution in [0.1, 0.15) is 12.2 Å². The molecule has 2 N–H and O–H groups in total. The van der Waals surface area contributed by atoms with Gasteiger partial charge in [0.05, 0.1) is 23.3 Å². The van der Waals surface area contributed by atoms with Crippen LogP contribution in [0.4, 0.5) is 5.69 Å². The van der Waals surface area contributed by atoms with Crippen molar-refractivity contribution in [2.24, 2.45) is 0 Å². The van der Waals surface area contributed by atoms with E-state index < -0.39 is 0 Å². The Morgan fingerprint density at radius 1 is 1.45 bits per heavy atom. The number of halogens is 1. The van der Waals surface area contributed by atoms with Gasteiger partial charge in [-0.1, -0.05) is 23.7 Å². The number of imidazole rings is 1. The molecule has 0 saturated carbocycles. The predicted octanol–water partition coefficient (Wildman–Crippen LogP) is 1.96. The summed E-state index contributed by atoms with van der Waals surface area (Å²) in [7, 11) is 0. The van der Waals surface area contributed by atoms with Crippen molar-refractivity contribution in [3.05, 3.63) is 47.5 Å². The number of nitrogens with one attached hydrogen (secondary N) is 2. The van der Waals surface area contributed by atoms with E-state index in [9.17, 15) is 4.79 Å². The number of aromatic amines is 1. The minimum absolute atomic E-state index is 0.0599. The zero-order valence-electron chi connectivity index (χ0n) is 10.8. The molecule has 1 unspecified atom stereocenters. The second-order valence-electron chi connectivity index (χ2n) is 4.70. The molecule has 0 aliphatic carbocycles. The molecule has 0 bridgehead atoms. The summed E-state index contributed by atoms with van der Waals surface area (Å²) in [5, 5.41) is 3.83. The number of rotatable bonds is 4. The molecular formula is C14H15ClN4O. The van der Waals surface area contributed by atoms with Crippen LogP contribution < -0.4 is 10.2 Å². The maximum Gasteiger partial charge on any atom is 0.244 e. The summed E-state index contributed by atoms with van der Waals surface area (Å²) in [5.74, 6) is 0.888. The standard InChI is InChI=1S/C14H15ClN4O/c15-10-3-1-2-4-12(10)19-8-5-11(14(19)20)18-9-13-16-6-7-17-13/h1-4,6-7,11,18H,5,8-9H2,(H,16,17). The Balaban J connectivity index is 1.67. The molecule has 104 valence electrons. The minimum atomic E-state index is -0.184. The van der Waals surface area contributed by atoms with Gasteiger partial charge in [-0.15, -0.1) is 0 Å². The normalized spacial score (nSPS) is 18.8. The predicted molar refractivity (Wildman–Crippen MR) is 77.6 cm³/mol. The number of carbonyl (C=O) groups is 1. The summed E-state index contributed by atoms with van der Waals surface area (Å²) in [6.45, 7) is 1.23. The van der Waals surface area contributed by atoms with Gasteiger partial charge >= 0.3 is 0 Å². The summed E-state index contributed by atoms with van der Waals surface area (Å²) in [6, 6.07) is 7.23. The number of aromatic nitrogens is 2. The fourth-order valence-electron chi connectivity index (χ4n) is 2.39. The van der Waals surface area contributed by atoms with Crippen LogP contribution in [-0.2, 0) is 11.3 Å². The van der Waals surface area contributed by atoms with E-state index >= 15 is 0 Å². The summed E-state index contributed by atoms with van der Waals surface area (Å²) >= 11 is 6.15. The molecule has 0 spiro atoms. The van der Waals surface area contributed by atoms with Crippen LogP contribution in [0.15, 0.2) is 36.7 Å². The molecule has 0 radical (unpaired) electrons. The van der Waals surface area contributed by atoms with Crippen molar-refractivity contribution < 1.29 is 4.79 Å². The van der Waals surface area contributed by atoms with Crippen molar-refractivity contribution >= 4 is 23.2 Å². The average molecular weight is 291 g/mol. The first kappa shape index (κ1) is 13.1. The molecule has 3 rings (SSSR count). The molecule has 1 aliphatic heterocycles. The molecule has 1 aromatic carbocycles. The first-order valence-electron chi connectivity index (χ1n) is 6.53. The number of para-hydroxylation sites is 1. The zero-order chi connectivity index (χ0) is 13.9. The van der Waals surface area contributed by atoms with Crippen molar-refractivity contribution in [1.82, 2.24) is 15.3 Å². The van der Waals surface area contributed by atoms with Crippen LogP contribution in [0.25, 0.3) is 0 Å². The van der Waals surface area contributed by atoms with Gasteiger partial charge in [0.15, 0.2) is 0 Å². The summed E-state index contributed by atoms with van der Waals surface area (Å²) in [6.07, 6.45) is 4.23. The number of hydrogen-bond acceptors (Lipinski definition) is 3. The van der Waals surface area contributed by atoms with Crippen LogP contribution in [0.2, 0.25) is 5.02 Å². The number of benzene rings is 1. The van der Waals surface area contributed by atoms with Gasteiger partial charge in [0, 0.05) is 18.9 Å². The van der Waals surface area contributed by atoms with Crippen LogP contribution >= 0.6 is 11.6 Å². The highest BCUT2D eigenvalue weighted by Crippen LogP contribution is 2.28. The van der Waals surface area contributed by atoms with Crippen molar-refractivity contribution in [3.8, 4) is 0 Å². The molecule has 5 nitrogen and oxygen atoms in total. The lowest BCUT2D eigenvalue weighted by Crippen LogP contribution is -2.38. The third-order valence-electron chi connectivity index (χ3n) is 3.42. The molecule has 1 atom stereocenters. The zero-order valence-corrected chi connectivity index (χ0v) is 11.6. The van der Waals surface area contributed by atoms with Crippen LogP contribution in [0, 0.1) is 0 Å². The number of hydrogen-bond donors (Lipinski definition) is 2. The molecule has 1 aliphatic rings. The number of amides is 1. The third-order valence-corrected chi connectivity index (χ3v) is 3.74. The maximum absolute atomic E-state index is 12.4. The molecule has 1 amide bonds. The molecule has 20 heavy (non-hydrogen) atoms. The first-order chi connectivity index (χ1) is 9.75. The van der Waals surface area contributed by atoms with Gasteiger partial charge < -0.3 is 9.88 Å². The van der Waals surface area contributed by atoms with Crippen LogP contribution in [-0.4, -0.2) is 28.5 Å². The van der Waals surface area contributed by atoms with Crippen molar-refractivity contribution in [1.29, 1.82) is 0 Å². The smallest absolute Gasteiger partial charge is 0.244 e. The van der Waals surface area contributed by atoms with Gasteiger partial charge in [-0.05, 0) is 18.6 Å². The molecule has 6 heteroatoms. The Bertz CT molecular complexity index is 599. The van der Waals surface area contributed by atoms with E-state index in [1.165, 1.54) is 0 Å². The van der Waals surface area contributed by atoms with Gasteiger partial charge in [0.1, 0.15) is 5.82 Å². The molecule has 1 fully saturated rings. The molecule has 1 saturated heterocycles. The number of carbonyl (C=O) groups excluding carboxylic acids is 1. The highest BCUT2D eigenvalue weighted by molar-refractivity contribution is 6.33. The lowest BCUT2D eigenvalue weighted by Gasteiger charge is -2.18. The number of anilines is 1. The van der Waals surface area contributed by atoms with E-state index in [2.05, 4.69) is 15.3 Å². The van der Waals surface area contributed by atoms with E-state index in [-0.39, 0.29) is 11.9 Å². The Morgan fingerprint density at radius 2 is 2.30 bits per heavy atom. The second kappa shape index (κ2) is 5.64. The Hall–Kier alpha value is -1.85. The van der Waals surface area contributed by atoms with E-state index in [0.29, 0.717) is 18.1 Å². The van der Waals surface area contributed by atoms with Crippen molar-refractivity contribution in [2.45, 2.75) is 19.0 Å². The largest absolute Gasteiger partial charge is 0.348 e. The van der Waals surface area contributed by atoms with Crippen molar-refractivity contribution in [2.75, 3.05) is 11.4 Å². The van der Waals surface area contributed by atoms with Gasteiger partial charge in [-0.25, -0.2) is 4.98 Å². The fourth-order valence-corrected chi connectivity index (χ4v) is 2.63. The highest BCUT2D eigenvalue weighted by Gasteiger charge is 2.32. The Morgan fingerprint density at radius 3 is 3.05 bits per heavy atom. The first-order valence-corrected chi connectivity index (χ1v) is 6.91. The average Bonchev–Trinajstić information content (AvgIpc) is 3.07. The van der Waals surface area contributed by atoms with Crippen LogP contribution in [0.5, 0.6) is 0 Å². The van der Waals surface area contributed by atoms with E-state index in [1.807, 2.05) is 18.2 Å². The Labute approximate surface area is 122 Å². The fraction of sp³-hybridized carbons (Fsp3) is 0.286. The monoisotopic (exact) mass is 290 g/mol. The van der Waals surface area contributed by atoms with Crippen molar-refractivity contribution in [3.63, 3.8) is 0 Å². The van der Waals surface area contributed by atoms with E-state index in [1.54, 1.807) is 23.4 Å². The quantitative estimate of drug-likeness (QED) is 0.905. The summed E-state index contributed by atoms with van der Waals surface area (Å²) < 4.78 is 0. The van der Waals surface area contributed by atoms with Crippen LogP contribution in [0.3, 0.4) is 0 Å². The molecular weight excluding hydrogens is 276 g/mol. The summed E-state index contributed by atoms with van der Waals surface area (Å²) in [4.78, 5) is 21.3. The van der Waals surface area contributed by atoms with Gasteiger partial charge in [0.2, 0.25) is 5.91 Å². The molecule has 1 aromatic heterocycles. The minimum Gasteiger partial charge on any atom is -0.348 e. The second-order valence-corrected chi connectivity index (χ2v) is 5.11. The number of nitrogens with zero attached hydrogens (tertiary/aromatic N) is 2. The molecule has 2 aromatic rings. The summed E-state index contributed by atoms with van der Waals surface area (Å²) in [5.41, 5.74) is 0.779. The van der Waals surface area contributed by atoms with E-state index in [4.69, 9.17) is 11.6 Å². The SMILES string of the molecule is O=C1C(NCc2ncc[nH]2)CCN1c1ccccc1Cl. The van der Waals surface area contributed by atoms with Gasteiger partial charge in [-0.3, -0.25) is 10.1 Å². The Kier molecular flexibility index (Phi) is 3.71. The number of H-pyrrole nitrogens is 1. The van der Waals surface area contributed by atoms with E-state index in [0.717, 1.165) is 17.9 Å². The lowest BCUT2D eigenvalue weighted by atomic mass is 10.2. The maximum atomic E-state index is 12.4. The molecule has 2 heterocycles. The third kappa shape index (κ3) is 2.55. The topological polar surface area (TPSA) is 61.0 Å². The van der Waals surface area contributed by atoms with Gasteiger partial charge in [0.25, 0.3) is 0 Å².